The maximum absolute atomic E-state index is 14.2. The molecule has 3 aromatic heterocycles. The fourth-order valence-corrected chi connectivity index (χ4v) is 6.85. The lowest BCUT2D eigenvalue weighted by molar-refractivity contribution is -0.124. The highest BCUT2D eigenvalue weighted by Crippen LogP contribution is 2.41. The summed E-state index contributed by atoms with van der Waals surface area (Å²) >= 11 is 0. The number of anilines is 1. The average molecular weight is 616 g/mol. The van der Waals surface area contributed by atoms with Gasteiger partial charge in [-0.2, -0.15) is 0 Å². The summed E-state index contributed by atoms with van der Waals surface area (Å²) in [5.74, 6) is 3.42. The fraction of sp³-hybridized carbons (Fsp3) is 0.571. The zero-order valence-corrected chi connectivity index (χ0v) is 26.7. The van der Waals surface area contributed by atoms with E-state index in [1.807, 2.05) is 36.9 Å². The molecule has 10 heteroatoms. The van der Waals surface area contributed by atoms with Crippen LogP contribution in [0.2, 0.25) is 0 Å². The summed E-state index contributed by atoms with van der Waals surface area (Å²) in [5, 5.41) is 2.70. The number of oxazole rings is 1. The number of amides is 2. The Balaban J connectivity index is 1.16. The van der Waals surface area contributed by atoms with Gasteiger partial charge in [-0.3, -0.25) is 14.7 Å². The van der Waals surface area contributed by atoms with Crippen molar-refractivity contribution in [1.82, 2.24) is 20.3 Å². The number of aryl methyl sites for hydroxylation is 1. The van der Waals surface area contributed by atoms with Crippen LogP contribution in [-0.2, 0) is 9.53 Å². The van der Waals surface area contributed by atoms with Crippen molar-refractivity contribution < 1.29 is 23.5 Å². The number of hydrogen-bond acceptors (Lipinski definition) is 8. The van der Waals surface area contributed by atoms with Gasteiger partial charge in [0.05, 0.1) is 12.8 Å². The predicted molar refractivity (Wildman–Crippen MR) is 170 cm³/mol. The number of carbonyl (C=O) groups excluding carboxylic acids is 2. The Morgan fingerprint density at radius 2 is 1.73 bits per heavy atom. The number of pyridine rings is 2. The number of rotatable bonds is 10. The van der Waals surface area contributed by atoms with E-state index in [2.05, 4.69) is 11.4 Å². The first-order valence-electron chi connectivity index (χ1n) is 16.6. The summed E-state index contributed by atoms with van der Waals surface area (Å²) in [6, 6.07) is 8.01. The average Bonchev–Trinajstić information content (AvgIpc) is 3.80. The van der Waals surface area contributed by atoms with Crippen LogP contribution < -0.4 is 15.0 Å². The number of nitrogens with one attached hydrogen (secondary N) is 1. The second kappa shape index (κ2) is 14.0. The summed E-state index contributed by atoms with van der Waals surface area (Å²) < 4.78 is 16.7. The molecule has 0 bridgehead atoms. The Bertz CT molecular complexity index is 1470. The zero-order valence-electron chi connectivity index (χ0n) is 26.7. The van der Waals surface area contributed by atoms with E-state index in [0.29, 0.717) is 62.3 Å². The molecule has 3 saturated carbocycles. The van der Waals surface area contributed by atoms with Crippen molar-refractivity contribution in [2.24, 2.45) is 11.8 Å². The van der Waals surface area contributed by atoms with Crippen LogP contribution in [0, 0.1) is 18.8 Å². The number of hydrogen-bond donors (Lipinski definition) is 1. The number of alkyl carbamates (subject to hydrolysis) is 1. The minimum atomic E-state index is -0.386. The van der Waals surface area contributed by atoms with E-state index in [-0.39, 0.29) is 24.0 Å². The maximum Gasteiger partial charge on any atom is 0.407 e. The standard InChI is InChI=1S/C35H45N5O5/c1-4-36-35(42)45-28-13-11-26(12-14-28)34(41)40(32-19-27(17-18-37-32)30-21-44-33(39-30)25-9-10-25)20-23-5-7-24(8-6-23)29-15-16-31(43-3)22(2)38-29/h15-19,21,23-26,28H,4-14,20H2,1-3H3,(H,36,42). The summed E-state index contributed by atoms with van der Waals surface area (Å²) in [5.41, 5.74) is 3.72. The number of ether oxygens (including phenoxy) is 2. The molecule has 240 valence electrons. The normalized spacial score (nSPS) is 23.3. The van der Waals surface area contributed by atoms with Crippen LogP contribution >= 0.6 is 0 Å². The molecule has 3 fully saturated rings. The van der Waals surface area contributed by atoms with Crippen LogP contribution in [0.25, 0.3) is 11.3 Å². The third-order valence-corrected chi connectivity index (χ3v) is 9.64. The van der Waals surface area contributed by atoms with E-state index in [1.54, 1.807) is 19.6 Å². The van der Waals surface area contributed by atoms with E-state index in [9.17, 15) is 9.59 Å². The second-order valence-corrected chi connectivity index (χ2v) is 12.8. The van der Waals surface area contributed by atoms with Crippen LogP contribution in [-0.4, -0.2) is 53.3 Å². The Kier molecular flexibility index (Phi) is 9.66. The molecule has 3 aliphatic carbocycles. The van der Waals surface area contributed by atoms with Gasteiger partial charge < -0.3 is 19.2 Å². The van der Waals surface area contributed by atoms with Gasteiger partial charge in [0.25, 0.3) is 0 Å². The largest absolute Gasteiger partial charge is 0.495 e. The molecule has 3 aromatic rings. The number of methoxy groups -OCH3 is 1. The van der Waals surface area contributed by atoms with E-state index in [0.717, 1.165) is 72.8 Å². The molecule has 0 spiro atoms. The van der Waals surface area contributed by atoms with Crippen LogP contribution in [0.5, 0.6) is 5.75 Å². The molecule has 10 nitrogen and oxygen atoms in total. The summed E-state index contributed by atoms with van der Waals surface area (Å²) in [6.07, 6.45) is 12.0. The lowest BCUT2D eigenvalue weighted by Crippen LogP contribution is -2.42. The monoisotopic (exact) mass is 615 g/mol. The molecule has 0 aromatic carbocycles. The van der Waals surface area contributed by atoms with Crippen LogP contribution in [0.4, 0.5) is 10.6 Å². The molecule has 3 aliphatic rings. The van der Waals surface area contributed by atoms with E-state index >= 15 is 0 Å². The lowest BCUT2D eigenvalue weighted by atomic mass is 9.79. The van der Waals surface area contributed by atoms with Crippen molar-refractivity contribution in [2.45, 2.75) is 96.0 Å². The second-order valence-electron chi connectivity index (χ2n) is 12.8. The first kappa shape index (κ1) is 31.0. The third-order valence-electron chi connectivity index (χ3n) is 9.64. The highest BCUT2D eigenvalue weighted by atomic mass is 16.6. The summed E-state index contributed by atoms with van der Waals surface area (Å²) in [4.78, 5) is 42.4. The van der Waals surface area contributed by atoms with Crippen molar-refractivity contribution in [3.05, 3.63) is 54.0 Å². The van der Waals surface area contributed by atoms with Crippen molar-refractivity contribution in [1.29, 1.82) is 0 Å². The predicted octanol–water partition coefficient (Wildman–Crippen LogP) is 6.94. The smallest absolute Gasteiger partial charge is 0.407 e. The van der Waals surface area contributed by atoms with E-state index < -0.39 is 0 Å². The molecule has 0 aliphatic heterocycles. The van der Waals surface area contributed by atoms with Crippen LogP contribution in [0.1, 0.15) is 100 Å². The van der Waals surface area contributed by atoms with Gasteiger partial charge in [-0.1, -0.05) is 0 Å². The lowest BCUT2D eigenvalue weighted by Gasteiger charge is -2.35. The first-order valence-corrected chi connectivity index (χ1v) is 16.6. The van der Waals surface area contributed by atoms with Crippen LogP contribution in [0.15, 0.2) is 41.1 Å². The quantitative estimate of drug-likeness (QED) is 0.261. The highest BCUT2D eigenvalue weighted by Gasteiger charge is 2.35. The molecule has 0 radical (unpaired) electrons. The topological polar surface area (TPSA) is 120 Å². The van der Waals surface area contributed by atoms with Gasteiger partial charge in [-0.05, 0) is 108 Å². The minimum absolute atomic E-state index is 0.101. The maximum atomic E-state index is 14.2. The molecule has 0 unspecified atom stereocenters. The number of aromatic nitrogens is 3. The van der Waals surface area contributed by atoms with E-state index in [4.69, 9.17) is 28.8 Å². The van der Waals surface area contributed by atoms with E-state index in [1.165, 1.54) is 0 Å². The molecular weight excluding hydrogens is 570 g/mol. The molecular formula is C35H45N5O5. The Morgan fingerprint density at radius 1 is 0.978 bits per heavy atom. The fourth-order valence-electron chi connectivity index (χ4n) is 6.85. The SMILES string of the molecule is CCNC(=O)OC1CCC(C(=O)N(CC2CCC(c3ccc(OC)c(C)n3)CC2)c2cc(-c3coc(C4CC4)n3)ccn2)CC1. The highest BCUT2D eigenvalue weighted by molar-refractivity contribution is 5.94. The molecule has 3 heterocycles. The van der Waals surface area contributed by atoms with Gasteiger partial charge in [0, 0.05) is 48.3 Å². The number of nitrogens with zero attached hydrogens (tertiary/aromatic N) is 4. The molecule has 0 atom stereocenters. The third kappa shape index (κ3) is 7.48. The Labute approximate surface area is 265 Å². The van der Waals surface area contributed by atoms with Gasteiger partial charge in [-0.25, -0.2) is 14.8 Å². The van der Waals surface area contributed by atoms with Gasteiger partial charge in [0.2, 0.25) is 5.91 Å². The van der Waals surface area contributed by atoms with Crippen LogP contribution in [0.3, 0.4) is 0 Å². The Morgan fingerprint density at radius 3 is 2.42 bits per heavy atom. The molecule has 0 saturated heterocycles. The van der Waals surface area contributed by atoms with Gasteiger partial charge in [0.1, 0.15) is 29.6 Å². The molecule has 2 amide bonds. The summed E-state index contributed by atoms with van der Waals surface area (Å²) in [6.45, 7) is 5.01. The molecule has 45 heavy (non-hydrogen) atoms. The van der Waals surface area contributed by atoms with Crippen molar-refractivity contribution in [3.63, 3.8) is 0 Å². The molecule has 6 rings (SSSR count). The van der Waals surface area contributed by atoms with Gasteiger partial charge in [-0.15, -0.1) is 0 Å². The first-order chi connectivity index (χ1) is 21.9. The number of carbonyl (C=O) groups is 2. The Hall–Kier alpha value is -3.95. The molecule has 1 N–H and O–H groups in total. The van der Waals surface area contributed by atoms with Gasteiger partial charge in [0.15, 0.2) is 5.89 Å². The van der Waals surface area contributed by atoms with Crippen molar-refractivity contribution >= 4 is 17.8 Å². The van der Waals surface area contributed by atoms with Gasteiger partial charge >= 0.3 is 6.09 Å². The van der Waals surface area contributed by atoms with Crippen molar-refractivity contribution in [2.75, 3.05) is 25.1 Å². The zero-order chi connectivity index (χ0) is 31.3. The minimum Gasteiger partial charge on any atom is -0.495 e. The van der Waals surface area contributed by atoms with Crippen molar-refractivity contribution in [3.8, 4) is 17.0 Å². The summed E-state index contributed by atoms with van der Waals surface area (Å²) in [7, 11) is 1.68.